The molecule has 2 aliphatic heterocycles. The van der Waals surface area contributed by atoms with Crippen molar-refractivity contribution in [3.05, 3.63) is 35.9 Å². The summed E-state index contributed by atoms with van der Waals surface area (Å²) in [6.07, 6.45) is -0.508. The van der Waals surface area contributed by atoms with Crippen LogP contribution in [0.4, 0.5) is 4.79 Å². The molecule has 2 saturated heterocycles. The number of carbonyl (C=O) groups is 2. The van der Waals surface area contributed by atoms with Gasteiger partial charge < -0.3 is 19.3 Å². The molecule has 0 aromatic heterocycles. The maximum absolute atomic E-state index is 12.3. The molecule has 3 rings (SSSR count). The van der Waals surface area contributed by atoms with Gasteiger partial charge in [0.25, 0.3) is 0 Å². The van der Waals surface area contributed by atoms with Crippen molar-refractivity contribution in [2.24, 2.45) is 0 Å². The molecule has 2 aliphatic rings. The number of hydrogen-bond acceptors (Lipinski definition) is 4. The van der Waals surface area contributed by atoms with Crippen LogP contribution in [-0.2, 0) is 20.8 Å². The number of nitrogens with zero attached hydrogens (tertiary/aromatic N) is 2. The third-order valence-electron chi connectivity index (χ3n) is 4.23. The van der Waals surface area contributed by atoms with Crippen molar-refractivity contribution in [2.75, 3.05) is 19.7 Å². The topological polar surface area (TPSA) is 59.1 Å². The number of fused-ring (bicyclic) bond motifs is 1. The van der Waals surface area contributed by atoms with Crippen molar-refractivity contribution < 1.29 is 19.1 Å². The number of hydrogen-bond donors (Lipinski definition) is 0. The predicted molar refractivity (Wildman–Crippen MR) is 88.3 cm³/mol. The Labute approximate surface area is 142 Å². The lowest BCUT2D eigenvalue weighted by Gasteiger charge is -2.36. The lowest BCUT2D eigenvalue weighted by Crippen LogP contribution is -2.53. The summed E-state index contributed by atoms with van der Waals surface area (Å²) in [4.78, 5) is 28.1. The van der Waals surface area contributed by atoms with Gasteiger partial charge in [0.1, 0.15) is 12.2 Å². The Bertz CT molecular complexity index is 611. The van der Waals surface area contributed by atoms with Gasteiger partial charge in [-0.1, -0.05) is 30.3 Å². The zero-order valence-corrected chi connectivity index (χ0v) is 14.4. The van der Waals surface area contributed by atoms with Gasteiger partial charge in [-0.2, -0.15) is 0 Å². The second-order valence-electron chi connectivity index (χ2n) is 7.31. The molecule has 0 aliphatic carbocycles. The van der Waals surface area contributed by atoms with Crippen LogP contribution in [0, 0.1) is 0 Å². The molecule has 1 aromatic rings. The van der Waals surface area contributed by atoms with E-state index < -0.39 is 5.60 Å². The van der Waals surface area contributed by atoms with Crippen LogP contribution in [-0.4, -0.2) is 59.2 Å². The highest BCUT2D eigenvalue weighted by Gasteiger charge is 2.45. The minimum absolute atomic E-state index is 0.0360. The van der Waals surface area contributed by atoms with Gasteiger partial charge in [-0.3, -0.25) is 4.79 Å². The van der Waals surface area contributed by atoms with Crippen LogP contribution in [0.5, 0.6) is 0 Å². The van der Waals surface area contributed by atoms with Crippen molar-refractivity contribution in [2.45, 2.75) is 45.1 Å². The van der Waals surface area contributed by atoms with Crippen LogP contribution in [0.25, 0.3) is 0 Å². The average Bonchev–Trinajstić information content (AvgIpc) is 2.94. The predicted octanol–water partition coefficient (Wildman–Crippen LogP) is 2.03. The lowest BCUT2D eigenvalue weighted by molar-refractivity contribution is -0.153. The van der Waals surface area contributed by atoms with E-state index in [-0.39, 0.29) is 30.8 Å². The van der Waals surface area contributed by atoms with Crippen molar-refractivity contribution in [1.29, 1.82) is 0 Å². The van der Waals surface area contributed by atoms with Crippen LogP contribution in [0.15, 0.2) is 30.3 Å². The Morgan fingerprint density at radius 2 is 1.96 bits per heavy atom. The number of morpholine rings is 1. The Kier molecular flexibility index (Phi) is 4.49. The van der Waals surface area contributed by atoms with E-state index >= 15 is 0 Å². The van der Waals surface area contributed by atoms with E-state index in [9.17, 15) is 9.59 Å². The molecule has 130 valence electrons. The first kappa shape index (κ1) is 16.8. The third kappa shape index (κ3) is 3.70. The molecular formula is C18H24N2O4. The van der Waals surface area contributed by atoms with Crippen LogP contribution < -0.4 is 0 Å². The van der Waals surface area contributed by atoms with Crippen LogP contribution in [0.1, 0.15) is 26.3 Å². The van der Waals surface area contributed by atoms with Crippen molar-refractivity contribution in [3.8, 4) is 0 Å². The fraction of sp³-hybridized carbons (Fsp3) is 0.556. The Morgan fingerprint density at radius 3 is 2.62 bits per heavy atom. The summed E-state index contributed by atoms with van der Waals surface area (Å²) in [7, 11) is 0. The quantitative estimate of drug-likeness (QED) is 0.831. The zero-order chi connectivity index (χ0) is 17.3. The largest absolute Gasteiger partial charge is 0.444 e. The first-order chi connectivity index (χ1) is 11.3. The molecule has 2 heterocycles. The third-order valence-corrected chi connectivity index (χ3v) is 4.23. The van der Waals surface area contributed by atoms with Crippen molar-refractivity contribution >= 4 is 12.0 Å². The summed E-state index contributed by atoms with van der Waals surface area (Å²) in [6, 6.07) is 9.74. The average molecular weight is 332 g/mol. The van der Waals surface area contributed by atoms with E-state index in [2.05, 4.69) is 0 Å². The number of carbonyl (C=O) groups excluding carboxylic acids is 2. The second-order valence-corrected chi connectivity index (χ2v) is 7.31. The first-order valence-electron chi connectivity index (χ1n) is 8.26. The molecule has 6 nitrogen and oxygen atoms in total. The van der Waals surface area contributed by atoms with Gasteiger partial charge in [0, 0.05) is 13.1 Å². The lowest BCUT2D eigenvalue weighted by atomic mass is 10.1. The summed E-state index contributed by atoms with van der Waals surface area (Å²) in [5.74, 6) is -0.0360. The van der Waals surface area contributed by atoms with Crippen molar-refractivity contribution in [3.63, 3.8) is 0 Å². The van der Waals surface area contributed by atoms with Gasteiger partial charge in [-0.15, -0.1) is 0 Å². The van der Waals surface area contributed by atoms with Gasteiger partial charge in [0.2, 0.25) is 5.91 Å². The molecule has 2 amide bonds. The van der Waals surface area contributed by atoms with E-state index in [0.717, 1.165) is 5.56 Å². The minimum atomic E-state index is -0.536. The minimum Gasteiger partial charge on any atom is -0.444 e. The zero-order valence-electron chi connectivity index (χ0n) is 14.4. The number of likely N-dealkylation sites (tertiary alicyclic amines) is 1. The molecule has 24 heavy (non-hydrogen) atoms. The van der Waals surface area contributed by atoms with Gasteiger partial charge in [-0.25, -0.2) is 4.79 Å². The van der Waals surface area contributed by atoms with Gasteiger partial charge in [0.05, 0.1) is 18.7 Å². The summed E-state index contributed by atoms with van der Waals surface area (Å²) >= 11 is 0. The number of ether oxygens (including phenoxy) is 2. The number of amides is 2. The van der Waals surface area contributed by atoms with E-state index in [1.807, 2.05) is 56.0 Å². The molecule has 2 atom stereocenters. The maximum Gasteiger partial charge on any atom is 0.410 e. The molecule has 2 fully saturated rings. The second kappa shape index (κ2) is 6.43. The maximum atomic E-state index is 12.3. The monoisotopic (exact) mass is 332 g/mol. The molecule has 0 spiro atoms. The Hall–Kier alpha value is -2.08. The summed E-state index contributed by atoms with van der Waals surface area (Å²) < 4.78 is 11.1. The molecular weight excluding hydrogens is 308 g/mol. The molecule has 0 saturated carbocycles. The highest BCUT2D eigenvalue weighted by Crippen LogP contribution is 2.26. The highest BCUT2D eigenvalue weighted by atomic mass is 16.6. The number of rotatable bonds is 2. The highest BCUT2D eigenvalue weighted by molar-refractivity contribution is 5.79. The van der Waals surface area contributed by atoms with Crippen molar-refractivity contribution in [1.82, 2.24) is 9.80 Å². The van der Waals surface area contributed by atoms with E-state index in [0.29, 0.717) is 19.6 Å². The fourth-order valence-electron chi connectivity index (χ4n) is 3.13. The van der Waals surface area contributed by atoms with Gasteiger partial charge >= 0.3 is 6.09 Å². The summed E-state index contributed by atoms with van der Waals surface area (Å²) in [6.45, 7) is 7.03. The SMILES string of the molecule is CC(C)(C)OC(=O)N1CC2OCC(=O)N(Cc3ccccc3)C2C1. The smallest absolute Gasteiger partial charge is 0.410 e. The Morgan fingerprint density at radius 1 is 1.25 bits per heavy atom. The molecule has 2 unspecified atom stereocenters. The fourth-order valence-corrected chi connectivity index (χ4v) is 3.13. The Balaban J connectivity index is 1.71. The van der Waals surface area contributed by atoms with Crippen LogP contribution >= 0.6 is 0 Å². The molecule has 0 bridgehead atoms. The van der Waals surface area contributed by atoms with E-state index in [1.54, 1.807) is 4.90 Å². The van der Waals surface area contributed by atoms with Gasteiger partial charge in [-0.05, 0) is 26.3 Å². The van der Waals surface area contributed by atoms with Gasteiger partial charge in [0.15, 0.2) is 0 Å². The molecule has 1 aromatic carbocycles. The number of benzene rings is 1. The summed E-state index contributed by atoms with van der Waals surface area (Å²) in [5.41, 5.74) is 0.535. The van der Waals surface area contributed by atoms with Crippen LogP contribution in [0.2, 0.25) is 0 Å². The molecule has 0 radical (unpaired) electrons. The standard InChI is InChI=1S/C18H24N2O4/c1-18(2,3)24-17(22)19-10-14-15(11-19)23-12-16(21)20(14)9-13-7-5-4-6-8-13/h4-8,14-15H,9-12H2,1-3H3. The first-order valence-corrected chi connectivity index (χ1v) is 8.26. The van der Waals surface area contributed by atoms with Crippen LogP contribution in [0.3, 0.4) is 0 Å². The molecule has 6 heteroatoms. The molecule has 0 N–H and O–H groups in total. The summed E-state index contributed by atoms with van der Waals surface area (Å²) in [5, 5.41) is 0. The van der Waals surface area contributed by atoms with E-state index in [1.165, 1.54) is 0 Å². The normalized spacial score (nSPS) is 24.0. The van der Waals surface area contributed by atoms with E-state index in [4.69, 9.17) is 9.47 Å².